The molecule has 0 unspecified atom stereocenters. The summed E-state index contributed by atoms with van der Waals surface area (Å²) in [7, 11) is 4.14. The summed E-state index contributed by atoms with van der Waals surface area (Å²) in [6.45, 7) is 5.23. The Labute approximate surface area is 148 Å². The highest BCUT2D eigenvalue weighted by Gasteiger charge is 2.26. The maximum absolute atomic E-state index is 4.81. The number of hydrogen-bond donors (Lipinski definition) is 2. The quantitative estimate of drug-likeness (QED) is 0.899. The molecular formula is C19H26N6. The molecule has 2 N–H and O–H groups in total. The van der Waals surface area contributed by atoms with Gasteiger partial charge >= 0.3 is 0 Å². The minimum atomic E-state index is 0.377. The number of aromatic amines is 1. The molecule has 1 aliphatic heterocycles. The number of hydrazine groups is 1. The fourth-order valence-corrected chi connectivity index (χ4v) is 3.14. The Hall–Kier alpha value is -2.34. The van der Waals surface area contributed by atoms with Crippen molar-refractivity contribution in [3.05, 3.63) is 41.1 Å². The van der Waals surface area contributed by atoms with Crippen molar-refractivity contribution >= 4 is 17.3 Å². The second-order valence-corrected chi connectivity index (χ2v) is 7.49. The number of hydrogen-bond acceptors (Lipinski definition) is 4. The number of anilines is 1. The van der Waals surface area contributed by atoms with Gasteiger partial charge in [0.1, 0.15) is 0 Å². The molecule has 1 aromatic heterocycles. The standard InChI is InChI=1S/C19H26N6/c1-12(2)25-11-14-9-15(24(3)4)7-8-16(14)19(23-25)20-18-10-17(21-22-18)13-5-6-13/h7-10,12-13H,5-6,11H2,1-4H3,(H2,20,21,22,23). The summed E-state index contributed by atoms with van der Waals surface area (Å²) in [5, 5.41) is 9.73. The smallest absolute Gasteiger partial charge is 0.176 e. The largest absolute Gasteiger partial charge is 0.378 e. The van der Waals surface area contributed by atoms with Crippen LogP contribution in [0, 0.1) is 0 Å². The summed E-state index contributed by atoms with van der Waals surface area (Å²) in [5.41, 5.74) is 8.33. The van der Waals surface area contributed by atoms with Crippen LogP contribution in [0.5, 0.6) is 0 Å². The molecule has 2 aliphatic rings. The lowest BCUT2D eigenvalue weighted by Crippen LogP contribution is -2.49. The number of fused-ring (bicyclic) bond motifs is 1. The minimum Gasteiger partial charge on any atom is -0.378 e. The molecule has 6 heteroatoms. The molecule has 0 saturated heterocycles. The van der Waals surface area contributed by atoms with Gasteiger partial charge in [-0.1, -0.05) is 0 Å². The van der Waals surface area contributed by atoms with Gasteiger partial charge in [0.25, 0.3) is 0 Å². The molecule has 2 heterocycles. The van der Waals surface area contributed by atoms with E-state index in [0.717, 1.165) is 23.8 Å². The first kappa shape index (κ1) is 16.1. The van der Waals surface area contributed by atoms with Gasteiger partial charge in [-0.25, -0.2) is 10.0 Å². The Morgan fingerprint density at radius 2 is 2.04 bits per heavy atom. The number of aliphatic imine (C=N–C) groups is 1. The highest BCUT2D eigenvalue weighted by molar-refractivity contribution is 6.02. The molecule has 1 fully saturated rings. The molecule has 0 spiro atoms. The van der Waals surface area contributed by atoms with Gasteiger partial charge in [0.15, 0.2) is 11.7 Å². The van der Waals surface area contributed by atoms with Crippen LogP contribution in [0.15, 0.2) is 29.3 Å². The SMILES string of the molecule is CC(C)N1Cc2cc(N(C)C)ccc2C(=Nc2cc(C3CC3)[nH]n2)N1. The van der Waals surface area contributed by atoms with Crippen molar-refractivity contribution in [1.29, 1.82) is 0 Å². The van der Waals surface area contributed by atoms with Crippen LogP contribution in [-0.4, -0.2) is 41.2 Å². The van der Waals surface area contributed by atoms with Gasteiger partial charge in [-0.05, 0) is 50.5 Å². The van der Waals surface area contributed by atoms with Gasteiger partial charge in [-0.15, -0.1) is 0 Å². The third-order valence-corrected chi connectivity index (χ3v) is 4.90. The Balaban J connectivity index is 1.71. The first-order valence-corrected chi connectivity index (χ1v) is 8.99. The average molecular weight is 338 g/mol. The fourth-order valence-electron chi connectivity index (χ4n) is 3.14. The van der Waals surface area contributed by atoms with Gasteiger partial charge in [-0.3, -0.25) is 5.10 Å². The van der Waals surface area contributed by atoms with Crippen LogP contribution in [0.3, 0.4) is 0 Å². The number of nitrogens with zero attached hydrogens (tertiary/aromatic N) is 4. The lowest BCUT2D eigenvalue weighted by molar-refractivity contribution is 0.169. The van der Waals surface area contributed by atoms with Crippen LogP contribution in [0.25, 0.3) is 0 Å². The molecule has 132 valence electrons. The summed E-state index contributed by atoms with van der Waals surface area (Å²) >= 11 is 0. The molecule has 1 saturated carbocycles. The fraction of sp³-hybridized carbons (Fsp3) is 0.474. The number of benzene rings is 1. The van der Waals surface area contributed by atoms with Crippen LogP contribution >= 0.6 is 0 Å². The van der Waals surface area contributed by atoms with Crippen molar-refractivity contribution in [2.75, 3.05) is 19.0 Å². The van der Waals surface area contributed by atoms with E-state index in [1.54, 1.807) is 0 Å². The predicted molar refractivity (Wildman–Crippen MR) is 101 cm³/mol. The highest BCUT2D eigenvalue weighted by atomic mass is 15.5. The first-order valence-electron chi connectivity index (χ1n) is 8.99. The molecule has 0 amide bonds. The lowest BCUT2D eigenvalue weighted by Gasteiger charge is -2.34. The van der Waals surface area contributed by atoms with Gasteiger partial charge in [0, 0.05) is 55.6 Å². The monoisotopic (exact) mass is 338 g/mol. The lowest BCUT2D eigenvalue weighted by atomic mass is 10.0. The highest BCUT2D eigenvalue weighted by Crippen LogP contribution is 2.39. The molecular weight excluding hydrogens is 312 g/mol. The van der Waals surface area contributed by atoms with Crippen LogP contribution in [0.2, 0.25) is 0 Å². The van der Waals surface area contributed by atoms with Gasteiger partial charge in [0.05, 0.1) is 0 Å². The van der Waals surface area contributed by atoms with Crippen LogP contribution in [0.1, 0.15) is 49.4 Å². The van der Waals surface area contributed by atoms with Gasteiger partial charge < -0.3 is 10.3 Å². The van der Waals surface area contributed by atoms with Crippen molar-refractivity contribution in [2.45, 2.75) is 45.2 Å². The summed E-state index contributed by atoms with van der Waals surface area (Å²) in [6, 6.07) is 9.00. The first-order chi connectivity index (χ1) is 12.0. The second kappa shape index (κ2) is 6.19. The maximum atomic E-state index is 4.81. The maximum Gasteiger partial charge on any atom is 0.176 e. The third kappa shape index (κ3) is 3.26. The molecule has 25 heavy (non-hydrogen) atoms. The van der Waals surface area contributed by atoms with Crippen molar-refractivity contribution in [3.8, 4) is 0 Å². The molecule has 2 aromatic rings. The minimum absolute atomic E-state index is 0.377. The average Bonchev–Trinajstić information content (AvgIpc) is 3.34. The van der Waals surface area contributed by atoms with E-state index < -0.39 is 0 Å². The van der Waals surface area contributed by atoms with E-state index in [1.165, 1.54) is 29.8 Å². The zero-order valence-electron chi connectivity index (χ0n) is 15.4. The van der Waals surface area contributed by atoms with Crippen molar-refractivity contribution in [2.24, 2.45) is 4.99 Å². The number of amidine groups is 1. The zero-order chi connectivity index (χ0) is 17.6. The topological polar surface area (TPSA) is 59.5 Å². The van der Waals surface area contributed by atoms with Crippen molar-refractivity contribution < 1.29 is 0 Å². The van der Waals surface area contributed by atoms with Crippen LogP contribution in [-0.2, 0) is 6.54 Å². The number of aromatic nitrogens is 2. The molecule has 1 aromatic carbocycles. The number of rotatable bonds is 4. The Morgan fingerprint density at radius 1 is 1.24 bits per heavy atom. The Kier molecular flexibility index (Phi) is 4.00. The summed E-state index contributed by atoms with van der Waals surface area (Å²) in [6.07, 6.45) is 2.52. The van der Waals surface area contributed by atoms with E-state index in [1.807, 2.05) is 0 Å². The van der Waals surface area contributed by atoms with E-state index >= 15 is 0 Å². The van der Waals surface area contributed by atoms with Crippen LogP contribution in [0.4, 0.5) is 11.5 Å². The van der Waals surface area contributed by atoms with E-state index in [9.17, 15) is 0 Å². The second-order valence-electron chi connectivity index (χ2n) is 7.49. The zero-order valence-corrected chi connectivity index (χ0v) is 15.4. The Bertz CT molecular complexity index is 800. The molecule has 1 aliphatic carbocycles. The summed E-state index contributed by atoms with van der Waals surface area (Å²) < 4.78 is 0. The molecule has 4 rings (SSSR count). The molecule has 0 atom stereocenters. The number of nitrogens with one attached hydrogen (secondary N) is 2. The van der Waals surface area contributed by atoms with E-state index in [4.69, 9.17) is 4.99 Å². The van der Waals surface area contributed by atoms with E-state index in [-0.39, 0.29) is 0 Å². The van der Waals surface area contributed by atoms with Crippen molar-refractivity contribution in [3.63, 3.8) is 0 Å². The van der Waals surface area contributed by atoms with Gasteiger partial charge in [-0.2, -0.15) is 5.10 Å². The van der Waals surface area contributed by atoms with Crippen molar-refractivity contribution in [1.82, 2.24) is 20.6 Å². The van der Waals surface area contributed by atoms with Gasteiger partial charge in [0.2, 0.25) is 0 Å². The van der Waals surface area contributed by atoms with E-state index in [2.05, 4.69) is 77.7 Å². The molecule has 0 radical (unpaired) electrons. The third-order valence-electron chi connectivity index (χ3n) is 4.90. The molecule has 6 nitrogen and oxygen atoms in total. The molecule has 0 bridgehead atoms. The normalized spacial score (nSPS) is 19.2. The Morgan fingerprint density at radius 3 is 2.72 bits per heavy atom. The van der Waals surface area contributed by atoms with Crippen LogP contribution < -0.4 is 10.3 Å². The number of H-pyrrole nitrogens is 1. The van der Waals surface area contributed by atoms with E-state index in [0.29, 0.717) is 12.0 Å². The summed E-state index contributed by atoms with van der Waals surface area (Å²) in [4.78, 5) is 6.94. The summed E-state index contributed by atoms with van der Waals surface area (Å²) in [5.74, 6) is 2.27. The predicted octanol–water partition coefficient (Wildman–Crippen LogP) is 3.16.